The average molecular weight is 433 g/mol. The van der Waals surface area contributed by atoms with Crippen LogP contribution in [0, 0.1) is 23.2 Å². The van der Waals surface area contributed by atoms with Gasteiger partial charge in [0.25, 0.3) is 0 Å². The molecule has 31 heavy (non-hydrogen) atoms. The lowest BCUT2D eigenvalue weighted by molar-refractivity contribution is -0.0720. The molecule has 0 bridgehead atoms. The number of hydrogen-bond acceptors (Lipinski definition) is 4. The number of ether oxygens (including phenoxy) is 1. The Balaban J connectivity index is 1.68. The summed E-state index contributed by atoms with van der Waals surface area (Å²) in [6.45, 7) is 14.8. The van der Waals surface area contributed by atoms with Gasteiger partial charge in [0.1, 0.15) is 0 Å². The summed E-state index contributed by atoms with van der Waals surface area (Å²) >= 11 is 0. The van der Waals surface area contributed by atoms with Gasteiger partial charge in [-0.15, -0.1) is 0 Å². The van der Waals surface area contributed by atoms with E-state index in [-0.39, 0.29) is 17.4 Å². The van der Waals surface area contributed by atoms with Gasteiger partial charge in [0, 0.05) is 5.92 Å². The van der Waals surface area contributed by atoms with Crippen LogP contribution in [0.25, 0.3) is 0 Å². The van der Waals surface area contributed by atoms with Crippen LogP contribution >= 0.6 is 0 Å². The molecule has 3 fully saturated rings. The van der Waals surface area contributed by atoms with Crippen LogP contribution in [0.4, 0.5) is 0 Å². The Kier molecular flexibility index (Phi) is 7.57. The molecule has 0 aromatic rings. The lowest BCUT2D eigenvalue weighted by Crippen LogP contribution is -2.40. The molecule has 3 saturated carbocycles. The van der Waals surface area contributed by atoms with E-state index in [9.17, 15) is 15.3 Å². The van der Waals surface area contributed by atoms with Gasteiger partial charge in [-0.2, -0.15) is 0 Å². The van der Waals surface area contributed by atoms with Crippen LogP contribution in [-0.4, -0.2) is 45.8 Å². The number of aliphatic hydroxyl groups excluding tert-OH is 2. The second kappa shape index (κ2) is 9.51. The molecule has 0 radical (unpaired) electrons. The molecule has 7 atom stereocenters. The Bertz CT molecular complexity index is 699. The first-order valence-corrected chi connectivity index (χ1v) is 12.2. The summed E-state index contributed by atoms with van der Waals surface area (Å²) in [6.07, 6.45) is 10.5. The maximum atomic E-state index is 10.2. The third-order valence-corrected chi connectivity index (χ3v) is 8.72. The first kappa shape index (κ1) is 24.7. The smallest absolute Gasteiger partial charge is 0.0809 e. The number of allylic oxidation sites excluding steroid dienone is 3. The molecule has 4 heteroatoms. The quantitative estimate of drug-likeness (QED) is 0.520. The third kappa shape index (κ3) is 5.35. The highest BCUT2D eigenvalue weighted by molar-refractivity contribution is 5.29. The van der Waals surface area contributed by atoms with Crippen molar-refractivity contribution in [3.8, 4) is 0 Å². The van der Waals surface area contributed by atoms with Gasteiger partial charge < -0.3 is 20.1 Å². The van der Waals surface area contributed by atoms with Crippen molar-refractivity contribution in [3.05, 3.63) is 35.5 Å². The fraction of sp³-hybridized carbons (Fsp3) is 0.778. The Hall–Kier alpha value is -0.940. The van der Waals surface area contributed by atoms with E-state index in [1.165, 1.54) is 31.3 Å². The molecule has 0 saturated heterocycles. The van der Waals surface area contributed by atoms with Crippen LogP contribution in [-0.2, 0) is 4.74 Å². The van der Waals surface area contributed by atoms with Crippen molar-refractivity contribution >= 4 is 0 Å². The molecule has 0 spiro atoms. The van der Waals surface area contributed by atoms with Crippen molar-refractivity contribution in [2.24, 2.45) is 23.2 Å². The van der Waals surface area contributed by atoms with Crippen LogP contribution in [0.15, 0.2) is 35.5 Å². The number of rotatable bonds is 6. The van der Waals surface area contributed by atoms with Gasteiger partial charge in [-0.25, -0.2) is 0 Å². The van der Waals surface area contributed by atoms with E-state index in [1.54, 1.807) is 0 Å². The van der Waals surface area contributed by atoms with Crippen molar-refractivity contribution in [1.82, 2.24) is 0 Å². The van der Waals surface area contributed by atoms with Crippen LogP contribution in [0.1, 0.15) is 79.6 Å². The van der Waals surface area contributed by atoms with Crippen molar-refractivity contribution < 1.29 is 20.1 Å². The number of fused-ring (bicyclic) bond motifs is 1. The maximum absolute atomic E-state index is 10.2. The monoisotopic (exact) mass is 432 g/mol. The molecular weight excluding hydrogens is 388 g/mol. The molecule has 0 aromatic carbocycles. The summed E-state index contributed by atoms with van der Waals surface area (Å²) < 4.78 is 6.30. The molecule has 3 aliphatic carbocycles. The summed E-state index contributed by atoms with van der Waals surface area (Å²) in [5.41, 5.74) is 2.71. The van der Waals surface area contributed by atoms with E-state index in [1.807, 2.05) is 13.8 Å². The van der Waals surface area contributed by atoms with Crippen molar-refractivity contribution in [1.29, 1.82) is 0 Å². The molecule has 0 aliphatic heterocycles. The van der Waals surface area contributed by atoms with Crippen LogP contribution in [0.2, 0.25) is 0 Å². The molecular formula is C27H44O4. The van der Waals surface area contributed by atoms with Crippen molar-refractivity contribution in [3.63, 3.8) is 0 Å². The first-order valence-electron chi connectivity index (χ1n) is 12.2. The Labute approximate surface area is 189 Å². The average Bonchev–Trinajstić information content (AvgIpc) is 3.05. The normalized spacial score (nSPS) is 37.6. The zero-order valence-corrected chi connectivity index (χ0v) is 20.2. The van der Waals surface area contributed by atoms with Gasteiger partial charge in [0.15, 0.2) is 0 Å². The first-order chi connectivity index (χ1) is 14.4. The van der Waals surface area contributed by atoms with Gasteiger partial charge in [-0.3, -0.25) is 0 Å². The Morgan fingerprint density at radius 2 is 1.81 bits per heavy atom. The highest BCUT2D eigenvalue weighted by atomic mass is 16.5. The molecule has 3 rings (SSSR count). The summed E-state index contributed by atoms with van der Waals surface area (Å²) in [5.74, 6) is 1.21. The predicted molar refractivity (Wildman–Crippen MR) is 126 cm³/mol. The van der Waals surface area contributed by atoms with Gasteiger partial charge in [-0.1, -0.05) is 43.7 Å². The SMILES string of the molecule is C=C1C(O)CC(=C/C=C2\CCCC3(C)C2CCC3C(C)OCC(C)C(C)(C)O)CC1O. The van der Waals surface area contributed by atoms with Crippen molar-refractivity contribution in [2.75, 3.05) is 6.61 Å². The zero-order chi connectivity index (χ0) is 23.0. The van der Waals surface area contributed by atoms with Gasteiger partial charge >= 0.3 is 0 Å². The van der Waals surface area contributed by atoms with Gasteiger partial charge in [-0.05, 0) is 88.5 Å². The largest absolute Gasteiger partial charge is 0.390 e. The molecule has 0 amide bonds. The maximum Gasteiger partial charge on any atom is 0.0809 e. The summed E-state index contributed by atoms with van der Waals surface area (Å²) in [6, 6.07) is 0. The minimum Gasteiger partial charge on any atom is -0.390 e. The standard InChI is InChI=1S/C27H44O4/c1-17(26(4,5)30)16-31-19(3)22-11-12-23-21(8-7-13-27(22,23)6)10-9-20-14-24(28)18(2)25(29)15-20/h9-10,17,19,22-25,28-30H,2,7-8,11-16H2,1,3-6H3/b20-9?,21-10+. The summed E-state index contributed by atoms with van der Waals surface area (Å²) in [5, 5.41) is 30.5. The minimum absolute atomic E-state index is 0.102. The minimum atomic E-state index is -0.720. The second-order valence-electron chi connectivity index (χ2n) is 11.3. The Morgan fingerprint density at radius 3 is 2.42 bits per heavy atom. The van der Waals surface area contributed by atoms with E-state index >= 15 is 0 Å². The molecule has 3 aliphatic rings. The molecule has 4 nitrogen and oxygen atoms in total. The van der Waals surface area contributed by atoms with E-state index in [4.69, 9.17) is 4.74 Å². The van der Waals surface area contributed by atoms with E-state index in [0.29, 0.717) is 36.9 Å². The fourth-order valence-corrected chi connectivity index (χ4v) is 6.09. The third-order valence-electron chi connectivity index (χ3n) is 8.72. The van der Waals surface area contributed by atoms with E-state index in [0.717, 1.165) is 12.0 Å². The summed E-state index contributed by atoms with van der Waals surface area (Å²) in [7, 11) is 0. The van der Waals surface area contributed by atoms with E-state index < -0.39 is 17.8 Å². The van der Waals surface area contributed by atoms with Crippen LogP contribution < -0.4 is 0 Å². The molecule has 176 valence electrons. The van der Waals surface area contributed by atoms with E-state index in [2.05, 4.69) is 39.5 Å². The lowest BCUT2D eigenvalue weighted by Gasteiger charge is -2.44. The highest BCUT2D eigenvalue weighted by Crippen LogP contribution is 2.58. The molecule has 3 N–H and O–H groups in total. The highest BCUT2D eigenvalue weighted by Gasteiger charge is 2.51. The molecule has 0 heterocycles. The van der Waals surface area contributed by atoms with Crippen molar-refractivity contribution in [2.45, 2.75) is 103 Å². The number of aliphatic hydroxyl groups is 3. The fourth-order valence-electron chi connectivity index (χ4n) is 6.09. The lowest BCUT2D eigenvalue weighted by atomic mass is 9.62. The molecule has 0 aromatic heterocycles. The second-order valence-corrected chi connectivity index (χ2v) is 11.3. The predicted octanol–water partition coefficient (Wildman–Crippen LogP) is 4.94. The van der Waals surface area contributed by atoms with Crippen LogP contribution in [0.5, 0.6) is 0 Å². The van der Waals surface area contributed by atoms with Gasteiger partial charge in [0.05, 0.1) is 30.5 Å². The molecule has 7 unspecified atom stereocenters. The summed E-state index contributed by atoms with van der Waals surface area (Å²) in [4.78, 5) is 0. The topological polar surface area (TPSA) is 69.9 Å². The zero-order valence-electron chi connectivity index (χ0n) is 20.2. The Morgan fingerprint density at radius 1 is 1.16 bits per heavy atom. The van der Waals surface area contributed by atoms with Gasteiger partial charge in [0.2, 0.25) is 0 Å². The number of hydrogen-bond donors (Lipinski definition) is 3. The van der Waals surface area contributed by atoms with Crippen LogP contribution in [0.3, 0.4) is 0 Å².